The number of ether oxygens (including phenoxy) is 1. The minimum Gasteiger partial charge on any atom is -0.494 e. The molecular weight excluding hydrogens is 260 g/mol. The third kappa shape index (κ3) is 4.08. The zero-order valence-electron chi connectivity index (χ0n) is 12.5. The first-order valence-corrected chi connectivity index (χ1v) is 7.11. The zero-order valence-corrected chi connectivity index (χ0v) is 12.5. The third-order valence-electron chi connectivity index (χ3n) is 3.34. The van der Waals surface area contributed by atoms with Crippen LogP contribution >= 0.6 is 0 Å². The number of rotatable bonds is 6. The van der Waals surface area contributed by atoms with Crippen LogP contribution in [0.25, 0.3) is 0 Å². The van der Waals surface area contributed by atoms with Crippen molar-refractivity contribution in [1.82, 2.24) is 4.90 Å². The molecule has 0 aliphatic heterocycles. The van der Waals surface area contributed by atoms with Crippen LogP contribution < -0.4 is 4.74 Å². The molecule has 0 radical (unpaired) electrons. The van der Waals surface area contributed by atoms with Crippen LogP contribution in [0.4, 0.5) is 0 Å². The first-order valence-electron chi connectivity index (χ1n) is 7.11. The highest BCUT2D eigenvalue weighted by Gasteiger charge is 2.16. The van der Waals surface area contributed by atoms with Gasteiger partial charge in [0.05, 0.1) is 12.7 Å². The maximum Gasteiger partial charge on any atom is 0.123 e. The summed E-state index contributed by atoms with van der Waals surface area (Å²) in [4.78, 5) is 2.05. The van der Waals surface area contributed by atoms with Crippen molar-refractivity contribution in [3.8, 4) is 11.8 Å². The molecule has 0 amide bonds. The van der Waals surface area contributed by atoms with E-state index in [2.05, 4.69) is 18.2 Å². The van der Waals surface area contributed by atoms with Crippen LogP contribution in [0.2, 0.25) is 0 Å². The predicted molar refractivity (Wildman–Crippen MR) is 83.9 cm³/mol. The lowest BCUT2D eigenvalue weighted by Crippen LogP contribution is -2.23. The highest BCUT2D eigenvalue weighted by molar-refractivity contribution is 5.32. The molecule has 0 N–H and O–H groups in total. The standard InChI is InChI=1S/C18H20N2O/c1-3-21-17-11-9-16(10-12-17)18(13-19)20(2)14-15-7-5-4-6-8-15/h4-12,18H,3,14H2,1-2H3. The Morgan fingerprint density at radius 2 is 1.76 bits per heavy atom. The molecule has 3 nitrogen and oxygen atoms in total. The molecule has 0 spiro atoms. The summed E-state index contributed by atoms with van der Waals surface area (Å²) in [6.07, 6.45) is 0. The van der Waals surface area contributed by atoms with Crippen LogP contribution in [-0.4, -0.2) is 18.6 Å². The molecule has 0 bridgehead atoms. The normalized spacial score (nSPS) is 11.9. The maximum atomic E-state index is 9.48. The highest BCUT2D eigenvalue weighted by Crippen LogP contribution is 2.23. The first kappa shape index (κ1) is 15.1. The van der Waals surface area contributed by atoms with Crippen molar-refractivity contribution in [1.29, 1.82) is 5.26 Å². The second-order valence-electron chi connectivity index (χ2n) is 4.93. The van der Waals surface area contributed by atoms with E-state index < -0.39 is 0 Å². The SMILES string of the molecule is CCOc1ccc(C(C#N)N(C)Cc2ccccc2)cc1. The summed E-state index contributed by atoms with van der Waals surface area (Å²) < 4.78 is 5.43. The van der Waals surface area contributed by atoms with Gasteiger partial charge in [0.25, 0.3) is 0 Å². The van der Waals surface area contributed by atoms with Gasteiger partial charge in [-0.1, -0.05) is 42.5 Å². The molecule has 0 heterocycles. The Morgan fingerprint density at radius 1 is 1.10 bits per heavy atom. The lowest BCUT2D eigenvalue weighted by Gasteiger charge is -2.23. The van der Waals surface area contributed by atoms with Crippen molar-refractivity contribution in [2.24, 2.45) is 0 Å². The van der Waals surface area contributed by atoms with E-state index in [1.807, 2.05) is 61.3 Å². The van der Waals surface area contributed by atoms with Gasteiger partial charge in [0, 0.05) is 6.54 Å². The molecule has 0 saturated carbocycles. The molecule has 3 heteroatoms. The van der Waals surface area contributed by atoms with Gasteiger partial charge in [-0.25, -0.2) is 0 Å². The second-order valence-corrected chi connectivity index (χ2v) is 4.93. The van der Waals surface area contributed by atoms with Gasteiger partial charge in [-0.3, -0.25) is 4.90 Å². The Bertz CT molecular complexity index is 587. The largest absolute Gasteiger partial charge is 0.494 e. The summed E-state index contributed by atoms with van der Waals surface area (Å²) in [5, 5.41) is 9.48. The van der Waals surface area contributed by atoms with E-state index in [1.165, 1.54) is 5.56 Å². The fraction of sp³-hybridized carbons (Fsp3) is 0.278. The third-order valence-corrected chi connectivity index (χ3v) is 3.34. The molecule has 0 aromatic heterocycles. The lowest BCUT2D eigenvalue weighted by atomic mass is 10.1. The van der Waals surface area contributed by atoms with E-state index in [-0.39, 0.29) is 6.04 Å². The molecule has 21 heavy (non-hydrogen) atoms. The number of hydrogen-bond acceptors (Lipinski definition) is 3. The molecule has 0 fully saturated rings. The summed E-state index contributed by atoms with van der Waals surface area (Å²) in [5.41, 5.74) is 2.19. The van der Waals surface area contributed by atoms with Crippen LogP contribution in [0.5, 0.6) is 5.75 Å². The molecule has 1 atom stereocenters. The fourth-order valence-corrected chi connectivity index (χ4v) is 2.30. The number of nitrogens with zero attached hydrogens (tertiary/aromatic N) is 2. The fourth-order valence-electron chi connectivity index (χ4n) is 2.30. The number of hydrogen-bond donors (Lipinski definition) is 0. The van der Waals surface area contributed by atoms with Crippen LogP contribution in [0.15, 0.2) is 54.6 Å². The molecule has 1 unspecified atom stereocenters. The molecule has 2 aromatic carbocycles. The van der Waals surface area contributed by atoms with Crippen LogP contribution in [0.3, 0.4) is 0 Å². The van der Waals surface area contributed by atoms with Gasteiger partial charge in [-0.2, -0.15) is 5.26 Å². The molecule has 2 aromatic rings. The van der Waals surface area contributed by atoms with E-state index in [4.69, 9.17) is 4.74 Å². The van der Waals surface area contributed by atoms with Gasteiger partial charge in [0.15, 0.2) is 0 Å². The summed E-state index contributed by atoms with van der Waals surface area (Å²) in [5.74, 6) is 0.837. The number of nitriles is 1. The average molecular weight is 280 g/mol. The van der Waals surface area contributed by atoms with E-state index in [9.17, 15) is 5.26 Å². The molecule has 108 valence electrons. The topological polar surface area (TPSA) is 36.3 Å². The maximum absolute atomic E-state index is 9.48. The zero-order chi connectivity index (χ0) is 15.1. The van der Waals surface area contributed by atoms with Crippen molar-refractivity contribution in [3.05, 3.63) is 65.7 Å². The van der Waals surface area contributed by atoms with E-state index >= 15 is 0 Å². The van der Waals surface area contributed by atoms with Crippen LogP contribution in [-0.2, 0) is 6.54 Å². The van der Waals surface area contributed by atoms with Crippen LogP contribution in [0, 0.1) is 11.3 Å². The van der Waals surface area contributed by atoms with Crippen molar-refractivity contribution in [3.63, 3.8) is 0 Å². The Kier molecular flexibility index (Phi) is 5.36. The van der Waals surface area contributed by atoms with E-state index in [0.717, 1.165) is 17.9 Å². The highest BCUT2D eigenvalue weighted by atomic mass is 16.5. The van der Waals surface area contributed by atoms with Gasteiger partial charge in [-0.05, 0) is 37.2 Å². The minimum atomic E-state index is -0.263. The molecule has 0 saturated heterocycles. The second kappa shape index (κ2) is 7.47. The van der Waals surface area contributed by atoms with Crippen molar-refractivity contribution < 1.29 is 4.74 Å². The Morgan fingerprint density at radius 3 is 2.33 bits per heavy atom. The monoisotopic (exact) mass is 280 g/mol. The average Bonchev–Trinajstić information content (AvgIpc) is 2.51. The van der Waals surface area contributed by atoms with Gasteiger partial charge in [0.2, 0.25) is 0 Å². The molecule has 2 rings (SSSR count). The lowest BCUT2D eigenvalue weighted by molar-refractivity contribution is 0.283. The van der Waals surface area contributed by atoms with Crippen molar-refractivity contribution >= 4 is 0 Å². The van der Waals surface area contributed by atoms with Gasteiger partial charge in [-0.15, -0.1) is 0 Å². The summed E-state index contributed by atoms with van der Waals surface area (Å²) in [7, 11) is 1.97. The Hall–Kier alpha value is -2.31. The van der Waals surface area contributed by atoms with Gasteiger partial charge < -0.3 is 4.74 Å². The number of benzene rings is 2. The smallest absolute Gasteiger partial charge is 0.123 e. The minimum absolute atomic E-state index is 0.263. The summed E-state index contributed by atoms with van der Waals surface area (Å²) in [6.45, 7) is 3.35. The first-order chi connectivity index (χ1) is 10.2. The summed E-state index contributed by atoms with van der Waals surface area (Å²) >= 11 is 0. The quantitative estimate of drug-likeness (QED) is 0.808. The van der Waals surface area contributed by atoms with Gasteiger partial charge in [0.1, 0.15) is 11.8 Å². The van der Waals surface area contributed by atoms with Crippen molar-refractivity contribution in [2.45, 2.75) is 19.5 Å². The molecule has 0 aliphatic carbocycles. The van der Waals surface area contributed by atoms with E-state index in [1.54, 1.807) is 0 Å². The predicted octanol–water partition coefficient (Wildman–Crippen LogP) is 3.78. The van der Waals surface area contributed by atoms with E-state index in [0.29, 0.717) is 6.61 Å². The van der Waals surface area contributed by atoms with Gasteiger partial charge >= 0.3 is 0 Å². The van der Waals surface area contributed by atoms with Crippen LogP contribution in [0.1, 0.15) is 24.1 Å². The van der Waals surface area contributed by atoms with Crippen molar-refractivity contribution in [2.75, 3.05) is 13.7 Å². The Labute approximate surface area is 126 Å². The molecular formula is C18H20N2O. The summed E-state index contributed by atoms with van der Waals surface area (Å²) in [6, 6.07) is 20.0. The molecule has 0 aliphatic rings. The Balaban J connectivity index is 2.10.